The lowest BCUT2D eigenvalue weighted by molar-refractivity contribution is 0.195. The normalized spacial score (nSPS) is 19.4. The topological polar surface area (TPSA) is 31.9 Å². The molecule has 0 amide bonds. The van der Waals surface area contributed by atoms with Gasteiger partial charge in [-0.25, -0.2) is 8.78 Å². The summed E-state index contributed by atoms with van der Waals surface area (Å²) in [5.74, 6) is -0.689. The van der Waals surface area contributed by atoms with Gasteiger partial charge in [0.05, 0.1) is 6.20 Å². The summed E-state index contributed by atoms with van der Waals surface area (Å²) in [6, 6.07) is 4.40. The zero-order valence-electron chi connectivity index (χ0n) is 13.6. The summed E-state index contributed by atoms with van der Waals surface area (Å²) < 4.78 is 27.2. The van der Waals surface area contributed by atoms with Gasteiger partial charge in [-0.05, 0) is 36.9 Å². The highest BCUT2D eigenvalue weighted by Crippen LogP contribution is 2.31. The molecule has 0 unspecified atom stereocenters. The van der Waals surface area contributed by atoms with Crippen molar-refractivity contribution >= 4 is 0 Å². The number of likely N-dealkylation sites (tertiary alicyclic amines) is 1. The average Bonchev–Trinajstić information content (AvgIpc) is 3.02. The predicted molar refractivity (Wildman–Crippen MR) is 86.3 cm³/mol. The van der Waals surface area contributed by atoms with Crippen LogP contribution in [0.2, 0.25) is 0 Å². The third-order valence-corrected chi connectivity index (χ3v) is 4.66. The maximum Gasteiger partial charge on any atom is 0.163 e. The van der Waals surface area contributed by atoms with Gasteiger partial charge in [-0.15, -0.1) is 0 Å². The molecule has 1 N–H and O–H groups in total. The second-order valence-electron chi connectivity index (χ2n) is 6.68. The number of halogens is 2. The van der Waals surface area contributed by atoms with Crippen LogP contribution in [0.5, 0.6) is 0 Å². The number of hydrogen-bond acceptors (Lipinski definition) is 2. The van der Waals surface area contributed by atoms with E-state index in [0.717, 1.165) is 32.0 Å². The highest BCUT2D eigenvalue weighted by molar-refractivity contribution is 5.25. The van der Waals surface area contributed by atoms with E-state index in [-0.39, 0.29) is 0 Å². The van der Waals surface area contributed by atoms with Gasteiger partial charge >= 0.3 is 0 Å². The fourth-order valence-corrected chi connectivity index (χ4v) is 3.44. The number of nitrogens with zero attached hydrogens (tertiary/aromatic N) is 2. The van der Waals surface area contributed by atoms with Crippen LogP contribution in [-0.2, 0) is 6.54 Å². The Labute approximate surface area is 135 Å². The molecule has 3 nitrogen and oxygen atoms in total. The first-order valence-electron chi connectivity index (χ1n) is 8.24. The molecule has 2 heterocycles. The summed E-state index contributed by atoms with van der Waals surface area (Å²) in [5, 5.41) is 7.35. The molecule has 0 saturated carbocycles. The van der Waals surface area contributed by atoms with E-state index in [0.29, 0.717) is 23.9 Å². The van der Waals surface area contributed by atoms with Gasteiger partial charge in [0.25, 0.3) is 0 Å². The minimum absolute atomic E-state index is 0.375. The van der Waals surface area contributed by atoms with E-state index in [1.165, 1.54) is 11.3 Å². The van der Waals surface area contributed by atoms with Gasteiger partial charge in [0.2, 0.25) is 0 Å². The van der Waals surface area contributed by atoms with Crippen LogP contribution in [0.1, 0.15) is 55.3 Å². The zero-order chi connectivity index (χ0) is 16.4. The van der Waals surface area contributed by atoms with Crippen LogP contribution in [-0.4, -0.2) is 28.2 Å². The molecule has 1 aromatic heterocycles. The lowest BCUT2D eigenvalue weighted by Crippen LogP contribution is -2.34. The molecule has 2 aromatic rings. The van der Waals surface area contributed by atoms with Gasteiger partial charge in [-0.1, -0.05) is 26.0 Å². The summed E-state index contributed by atoms with van der Waals surface area (Å²) in [6.07, 6.45) is 4.06. The van der Waals surface area contributed by atoms with Crippen molar-refractivity contribution in [3.05, 3.63) is 52.9 Å². The Kier molecular flexibility index (Phi) is 4.76. The quantitative estimate of drug-likeness (QED) is 0.916. The van der Waals surface area contributed by atoms with E-state index in [4.69, 9.17) is 0 Å². The van der Waals surface area contributed by atoms with Gasteiger partial charge in [-0.3, -0.25) is 10.00 Å². The van der Waals surface area contributed by atoms with Gasteiger partial charge < -0.3 is 0 Å². The highest BCUT2D eigenvalue weighted by atomic mass is 19.2. The van der Waals surface area contributed by atoms with E-state index < -0.39 is 11.6 Å². The number of hydrogen-bond donors (Lipinski definition) is 1. The zero-order valence-corrected chi connectivity index (χ0v) is 13.6. The molecule has 3 rings (SSSR count). The lowest BCUT2D eigenvalue weighted by Gasteiger charge is -2.33. The Balaban J connectivity index is 1.73. The molecule has 1 aliphatic rings. The van der Waals surface area contributed by atoms with Crippen molar-refractivity contribution in [2.45, 2.75) is 45.1 Å². The standard InChI is InChI=1S/C18H23F2N3/c1-12(2)15-9-21-22-18(15)14-6-4-8-23(11-14)10-13-5-3-7-16(19)17(13)20/h3,5,7,9,12,14H,4,6,8,10-11H2,1-2H3,(H,21,22)/t14-/m0/s1. The molecular formula is C18H23F2N3. The van der Waals surface area contributed by atoms with Crippen LogP contribution in [0.15, 0.2) is 24.4 Å². The molecule has 1 atom stereocenters. The number of aromatic amines is 1. The number of aromatic nitrogens is 2. The Morgan fingerprint density at radius 3 is 2.96 bits per heavy atom. The summed E-state index contributed by atoms with van der Waals surface area (Å²) in [5.41, 5.74) is 2.89. The van der Waals surface area contributed by atoms with Crippen molar-refractivity contribution in [1.29, 1.82) is 0 Å². The minimum Gasteiger partial charge on any atom is -0.298 e. The van der Waals surface area contributed by atoms with E-state index in [1.54, 1.807) is 12.1 Å². The Morgan fingerprint density at radius 1 is 1.35 bits per heavy atom. The first-order valence-corrected chi connectivity index (χ1v) is 8.24. The molecule has 1 saturated heterocycles. The molecule has 124 valence electrons. The van der Waals surface area contributed by atoms with Crippen molar-refractivity contribution in [2.24, 2.45) is 0 Å². The summed E-state index contributed by atoms with van der Waals surface area (Å²) in [6.45, 7) is 6.54. The van der Waals surface area contributed by atoms with Gasteiger partial charge in [-0.2, -0.15) is 5.10 Å². The van der Waals surface area contributed by atoms with Crippen LogP contribution in [0, 0.1) is 11.6 Å². The van der Waals surface area contributed by atoms with Crippen molar-refractivity contribution in [3.8, 4) is 0 Å². The second-order valence-corrected chi connectivity index (χ2v) is 6.68. The fraction of sp³-hybridized carbons (Fsp3) is 0.500. The van der Waals surface area contributed by atoms with Gasteiger partial charge in [0.1, 0.15) is 0 Å². The van der Waals surface area contributed by atoms with E-state index in [9.17, 15) is 8.78 Å². The third kappa shape index (κ3) is 3.44. The first-order chi connectivity index (χ1) is 11.1. The predicted octanol–water partition coefficient (Wildman–Crippen LogP) is 4.19. The SMILES string of the molecule is CC(C)c1cn[nH]c1[C@H]1CCCN(Cc2cccc(F)c2F)C1. The molecule has 1 aliphatic heterocycles. The number of rotatable bonds is 4. The Morgan fingerprint density at radius 2 is 2.17 bits per heavy atom. The van der Waals surface area contributed by atoms with Crippen LogP contribution in [0.25, 0.3) is 0 Å². The molecule has 0 radical (unpaired) electrons. The summed E-state index contributed by atoms with van der Waals surface area (Å²) >= 11 is 0. The Bertz CT molecular complexity index is 666. The fourth-order valence-electron chi connectivity index (χ4n) is 3.44. The molecule has 0 spiro atoms. The number of H-pyrrole nitrogens is 1. The van der Waals surface area contributed by atoms with Crippen LogP contribution >= 0.6 is 0 Å². The lowest BCUT2D eigenvalue weighted by atomic mass is 9.89. The summed E-state index contributed by atoms with van der Waals surface area (Å²) in [7, 11) is 0. The van der Waals surface area contributed by atoms with E-state index >= 15 is 0 Å². The van der Waals surface area contributed by atoms with Gasteiger partial charge in [0.15, 0.2) is 11.6 Å². The van der Waals surface area contributed by atoms with Crippen molar-refractivity contribution < 1.29 is 8.78 Å². The van der Waals surface area contributed by atoms with E-state index in [2.05, 4.69) is 28.9 Å². The van der Waals surface area contributed by atoms with Crippen LogP contribution in [0.3, 0.4) is 0 Å². The molecule has 5 heteroatoms. The molecule has 23 heavy (non-hydrogen) atoms. The minimum atomic E-state index is -0.772. The van der Waals surface area contributed by atoms with Crippen LogP contribution in [0.4, 0.5) is 8.78 Å². The van der Waals surface area contributed by atoms with Crippen molar-refractivity contribution in [1.82, 2.24) is 15.1 Å². The summed E-state index contributed by atoms with van der Waals surface area (Å²) in [4.78, 5) is 2.21. The largest absolute Gasteiger partial charge is 0.298 e. The molecule has 1 fully saturated rings. The molecule has 0 bridgehead atoms. The van der Waals surface area contributed by atoms with Crippen LogP contribution < -0.4 is 0 Å². The third-order valence-electron chi connectivity index (χ3n) is 4.66. The number of nitrogens with one attached hydrogen (secondary N) is 1. The molecular weight excluding hydrogens is 296 g/mol. The average molecular weight is 319 g/mol. The number of benzene rings is 1. The second kappa shape index (κ2) is 6.79. The maximum absolute atomic E-state index is 13.9. The van der Waals surface area contributed by atoms with Gasteiger partial charge in [0, 0.05) is 30.3 Å². The highest BCUT2D eigenvalue weighted by Gasteiger charge is 2.26. The first kappa shape index (κ1) is 16.1. The number of piperidine rings is 1. The van der Waals surface area contributed by atoms with Crippen molar-refractivity contribution in [2.75, 3.05) is 13.1 Å². The Hall–Kier alpha value is -1.75. The van der Waals surface area contributed by atoms with E-state index in [1.807, 2.05) is 6.20 Å². The van der Waals surface area contributed by atoms with Crippen molar-refractivity contribution in [3.63, 3.8) is 0 Å². The molecule has 1 aromatic carbocycles. The molecule has 0 aliphatic carbocycles. The monoisotopic (exact) mass is 319 g/mol. The maximum atomic E-state index is 13.9. The smallest absolute Gasteiger partial charge is 0.163 e.